The van der Waals surface area contributed by atoms with E-state index >= 15 is 0 Å². The van der Waals surface area contributed by atoms with Gasteiger partial charge in [-0.2, -0.15) is 0 Å². The van der Waals surface area contributed by atoms with E-state index in [0.717, 1.165) is 16.6 Å². The number of hydrogen-bond donors (Lipinski definition) is 1. The molecule has 2 aromatic carbocycles. The van der Waals surface area contributed by atoms with Gasteiger partial charge in [0.05, 0.1) is 26.9 Å². The highest BCUT2D eigenvalue weighted by Crippen LogP contribution is 2.26. The number of halogens is 2. The smallest absolute Gasteiger partial charge is 0.271 e. The predicted molar refractivity (Wildman–Crippen MR) is 100 cm³/mol. The molecule has 2 rings (SSSR count). The molecule has 0 aromatic heterocycles. The molecule has 11 heteroatoms. The number of benzene rings is 2. The van der Waals surface area contributed by atoms with E-state index in [4.69, 9.17) is 23.2 Å². The zero-order chi connectivity index (χ0) is 19.5. The number of nitro groups is 1. The second-order valence-electron chi connectivity index (χ2n) is 5.22. The zero-order valence-corrected chi connectivity index (χ0v) is 15.7. The number of carbonyl (C=O) groups is 1. The minimum absolute atomic E-state index is 0.00554. The van der Waals surface area contributed by atoms with E-state index < -0.39 is 27.4 Å². The molecule has 1 amide bonds. The first kappa shape index (κ1) is 20.0. The first-order valence-electron chi connectivity index (χ1n) is 7.05. The first-order chi connectivity index (χ1) is 12.1. The van der Waals surface area contributed by atoms with Crippen LogP contribution in [0, 0.1) is 10.1 Å². The predicted octanol–water partition coefficient (Wildman–Crippen LogP) is 3.31. The number of amides is 1. The highest BCUT2D eigenvalue weighted by atomic mass is 35.5. The van der Waals surface area contributed by atoms with Crippen LogP contribution >= 0.6 is 23.2 Å². The summed E-state index contributed by atoms with van der Waals surface area (Å²) in [4.78, 5) is 22.5. The van der Waals surface area contributed by atoms with Crippen molar-refractivity contribution in [2.45, 2.75) is 0 Å². The highest BCUT2D eigenvalue weighted by Gasteiger charge is 2.22. The summed E-state index contributed by atoms with van der Waals surface area (Å²) in [6.45, 7) is -0.569. The lowest BCUT2D eigenvalue weighted by Gasteiger charge is -2.21. The third-order valence-electron chi connectivity index (χ3n) is 3.22. The largest absolute Gasteiger partial charge is 0.324 e. The van der Waals surface area contributed by atoms with Gasteiger partial charge in [0, 0.05) is 17.8 Å². The molecular formula is C15H13Cl2N3O5S. The van der Waals surface area contributed by atoms with Crippen LogP contribution in [0.1, 0.15) is 0 Å². The molecule has 0 atom stereocenters. The number of nitro benzene ring substituents is 1. The standard InChI is InChI=1S/C15H13Cl2N3O5S/c1-26(24,25)19(11-3-2-4-12(8-11)20(22)23)9-15(21)18-10-5-6-13(16)14(17)7-10/h2-8H,9H2,1H3,(H,18,21). The zero-order valence-electron chi connectivity index (χ0n) is 13.3. The normalized spacial score (nSPS) is 11.0. The number of rotatable bonds is 6. The summed E-state index contributed by atoms with van der Waals surface area (Å²) in [5, 5.41) is 13.9. The minimum Gasteiger partial charge on any atom is -0.324 e. The molecule has 0 radical (unpaired) electrons. The van der Waals surface area contributed by atoms with Crippen molar-refractivity contribution in [2.24, 2.45) is 0 Å². The second-order valence-corrected chi connectivity index (χ2v) is 7.94. The van der Waals surface area contributed by atoms with Gasteiger partial charge < -0.3 is 5.32 Å². The summed E-state index contributed by atoms with van der Waals surface area (Å²) in [6.07, 6.45) is 0.901. The summed E-state index contributed by atoms with van der Waals surface area (Å²) >= 11 is 11.7. The van der Waals surface area contributed by atoms with E-state index in [0.29, 0.717) is 10.7 Å². The van der Waals surface area contributed by atoms with Crippen molar-refractivity contribution in [1.29, 1.82) is 0 Å². The molecule has 138 valence electrons. The van der Waals surface area contributed by atoms with Gasteiger partial charge in [0.15, 0.2) is 0 Å². The van der Waals surface area contributed by atoms with E-state index in [1.54, 1.807) is 0 Å². The lowest BCUT2D eigenvalue weighted by Crippen LogP contribution is -2.37. The minimum atomic E-state index is -3.86. The maximum Gasteiger partial charge on any atom is 0.271 e. The van der Waals surface area contributed by atoms with Gasteiger partial charge in [0.2, 0.25) is 15.9 Å². The van der Waals surface area contributed by atoms with Gasteiger partial charge in [-0.1, -0.05) is 29.3 Å². The molecule has 0 fully saturated rings. The Morgan fingerprint density at radius 3 is 2.46 bits per heavy atom. The summed E-state index contributed by atoms with van der Waals surface area (Å²) in [7, 11) is -3.86. The molecular weight excluding hydrogens is 405 g/mol. The van der Waals surface area contributed by atoms with Crippen molar-refractivity contribution in [3.63, 3.8) is 0 Å². The van der Waals surface area contributed by atoms with Crippen LogP contribution in [-0.4, -0.2) is 32.0 Å². The molecule has 0 saturated heterocycles. The Hall–Kier alpha value is -2.36. The molecule has 26 heavy (non-hydrogen) atoms. The summed E-state index contributed by atoms with van der Waals surface area (Å²) in [5.74, 6) is -0.652. The van der Waals surface area contributed by atoms with Crippen LogP contribution in [0.2, 0.25) is 10.0 Å². The quantitative estimate of drug-likeness (QED) is 0.572. The topological polar surface area (TPSA) is 110 Å². The lowest BCUT2D eigenvalue weighted by atomic mass is 10.3. The third kappa shape index (κ3) is 5.07. The number of nitrogens with zero attached hydrogens (tertiary/aromatic N) is 2. The van der Waals surface area contributed by atoms with E-state index in [9.17, 15) is 23.3 Å². The highest BCUT2D eigenvalue weighted by molar-refractivity contribution is 7.92. The van der Waals surface area contributed by atoms with Gasteiger partial charge in [-0.15, -0.1) is 0 Å². The van der Waals surface area contributed by atoms with E-state index in [2.05, 4.69) is 5.32 Å². The van der Waals surface area contributed by atoms with Gasteiger partial charge in [0.25, 0.3) is 5.69 Å². The van der Waals surface area contributed by atoms with Crippen molar-refractivity contribution in [3.8, 4) is 0 Å². The molecule has 0 saturated carbocycles. The summed E-state index contributed by atoms with van der Waals surface area (Å²) in [5.41, 5.74) is 0.0453. The summed E-state index contributed by atoms with van der Waals surface area (Å²) < 4.78 is 24.8. The SMILES string of the molecule is CS(=O)(=O)N(CC(=O)Nc1ccc(Cl)c(Cl)c1)c1cccc([N+](=O)[O-])c1. The van der Waals surface area contributed by atoms with Crippen molar-refractivity contribution < 1.29 is 18.1 Å². The molecule has 0 aliphatic heterocycles. The fourth-order valence-corrected chi connectivity index (χ4v) is 3.21. The number of sulfonamides is 1. The van der Waals surface area contributed by atoms with Crippen LogP contribution in [0.25, 0.3) is 0 Å². The average Bonchev–Trinajstić information content (AvgIpc) is 2.55. The Morgan fingerprint density at radius 1 is 1.19 bits per heavy atom. The van der Waals surface area contributed by atoms with E-state index in [-0.39, 0.29) is 16.4 Å². The molecule has 2 aromatic rings. The Kier molecular flexibility index (Phi) is 6.06. The van der Waals surface area contributed by atoms with Crippen LogP contribution in [-0.2, 0) is 14.8 Å². The molecule has 0 bridgehead atoms. The second kappa shape index (κ2) is 7.90. The van der Waals surface area contributed by atoms with Crippen molar-refractivity contribution in [3.05, 3.63) is 62.6 Å². The van der Waals surface area contributed by atoms with Crippen LogP contribution in [0.3, 0.4) is 0 Å². The van der Waals surface area contributed by atoms with Crippen LogP contribution in [0.15, 0.2) is 42.5 Å². The fraction of sp³-hybridized carbons (Fsp3) is 0.133. The number of anilines is 2. The molecule has 0 aliphatic carbocycles. The Morgan fingerprint density at radius 2 is 1.88 bits per heavy atom. The van der Waals surface area contributed by atoms with E-state index in [1.807, 2.05) is 0 Å². The molecule has 0 spiro atoms. The van der Waals surface area contributed by atoms with Gasteiger partial charge in [0.1, 0.15) is 6.54 Å². The molecule has 8 nitrogen and oxygen atoms in total. The lowest BCUT2D eigenvalue weighted by molar-refractivity contribution is -0.384. The van der Waals surface area contributed by atoms with E-state index in [1.165, 1.54) is 36.4 Å². The number of carbonyl (C=O) groups excluding carboxylic acids is 1. The fourth-order valence-electron chi connectivity index (χ4n) is 2.07. The third-order valence-corrected chi connectivity index (χ3v) is 5.10. The number of hydrogen-bond acceptors (Lipinski definition) is 5. The van der Waals surface area contributed by atoms with Gasteiger partial charge in [-0.25, -0.2) is 8.42 Å². The maximum atomic E-state index is 12.2. The Bertz CT molecular complexity index is 966. The van der Waals surface area contributed by atoms with Crippen molar-refractivity contribution >= 4 is 56.2 Å². The summed E-state index contributed by atoms with van der Waals surface area (Å²) in [6, 6.07) is 9.40. The van der Waals surface area contributed by atoms with Gasteiger partial charge in [-0.3, -0.25) is 19.2 Å². The monoisotopic (exact) mass is 417 g/mol. The van der Waals surface area contributed by atoms with Crippen LogP contribution in [0.5, 0.6) is 0 Å². The van der Waals surface area contributed by atoms with Gasteiger partial charge >= 0.3 is 0 Å². The molecule has 0 aliphatic rings. The first-order valence-corrected chi connectivity index (χ1v) is 9.65. The van der Waals surface area contributed by atoms with Crippen LogP contribution in [0.4, 0.5) is 17.1 Å². The average molecular weight is 418 g/mol. The Balaban J connectivity index is 2.25. The Labute approximate surface area is 159 Å². The van der Waals surface area contributed by atoms with Crippen LogP contribution < -0.4 is 9.62 Å². The van der Waals surface area contributed by atoms with Gasteiger partial charge in [-0.05, 0) is 24.3 Å². The molecule has 1 N–H and O–H groups in total. The molecule has 0 heterocycles. The van der Waals surface area contributed by atoms with Crippen molar-refractivity contribution in [1.82, 2.24) is 0 Å². The number of non-ortho nitro benzene ring substituents is 1. The molecule has 0 unspecified atom stereocenters. The maximum absolute atomic E-state index is 12.2. The number of nitrogens with one attached hydrogen (secondary N) is 1. The van der Waals surface area contributed by atoms with Crippen molar-refractivity contribution in [2.75, 3.05) is 22.4 Å².